The van der Waals surface area contributed by atoms with E-state index in [0.717, 1.165) is 5.70 Å². The smallest absolute Gasteiger partial charge is 0.122 e. The molecule has 8 rings (SSSR count). The quantitative estimate of drug-likeness (QED) is 0.245. The van der Waals surface area contributed by atoms with Gasteiger partial charge >= 0.3 is 0 Å². The molecule has 1 atom stereocenters. The number of benzene rings is 6. The van der Waals surface area contributed by atoms with Gasteiger partial charge in [-0.1, -0.05) is 121 Å². The van der Waals surface area contributed by atoms with Gasteiger partial charge in [-0.15, -0.1) is 0 Å². The van der Waals surface area contributed by atoms with E-state index in [-0.39, 0.29) is 6.17 Å². The minimum absolute atomic E-state index is 0.194. The summed E-state index contributed by atoms with van der Waals surface area (Å²) in [5.41, 5.74) is 7.43. The lowest BCUT2D eigenvalue weighted by atomic mass is 9.84. The molecule has 0 aliphatic carbocycles. The summed E-state index contributed by atoms with van der Waals surface area (Å²) in [6.45, 7) is 0. The normalized spacial score (nSPS) is 16.1. The Morgan fingerprint density at radius 2 is 1.10 bits per heavy atom. The molecule has 39 heavy (non-hydrogen) atoms. The van der Waals surface area contributed by atoms with Crippen molar-refractivity contribution in [2.75, 3.05) is 0 Å². The van der Waals surface area contributed by atoms with Crippen molar-refractivity contribution in [3.63, 3.8) is 0 Å². The molecule has 0 amide bonds. The molecule has 0 radical (unpaired) electrons. The van der Waals surface area contributed by atoms with Gasteiger partial charge in [-0.2, -0.15) is 0 Å². The molecule has 1 unspecified atom stereocenters. The van der Waals surface area contributed by atoms with Crippen molar-refractivity contribution >= 4 is 38.0 Å². The Labute approximate surface area is 227 Å². The van der Waals surface area contributed by atoms with Crippen molar-refractivity contribution in [3.8, 4) is 22.3 Å². The predicted molar refractivity (Wildman–Crippen MR) is 165 cm³/mol. The lowest BCUT2D eigenvalue weighted by molar-refractivity contribution is 0.427. The molecular weight excluding hydrogens is 472 g/mol. The van der Waals surface area contributed by atoms with Gasteiger partial charge in [0.15, 0.2) is 0 Å². The van der Waals surface area contributed by atoms with Crippen LogP contribution in [-0.2, 0) is 0 Å². The van der Waals surface area contributed by atoms with E-state index in [0.29, 0.717) is 0 Å². The summed E-state index contributed by atoms with van der Waals surface area (Å²) < 4.78 is 0. The summed E-state index contributed by atoms with van der Waals surface area (Å²) >= 11 is 0. The fourth-order valence-corrected chi connectivity index (χ4v) is 6.25. The molecule has 6 aromatic carbocycles. The second kappa shape index (κ2) is 8.75. The van der Waals surface area contributed by atoms with Crippen LogP contribution in [0.4, 0.5) is 0 Å². The van der Waals surface area contributed by atoms with Gasteiger partial charge in [-0.05, 0) is 72.3 Å². The fraction of sp³-hybridized carbons (Fsp3) is 0.0270. The average molecular weight is 499 g/mol. The van der Waals surface area contributed by atoms with Gasteiger partial charge in [0, 0.05) is 12.4 Å². The number of hydrogen-bond acceptors (Lipinski definition) is 2. The topological polar surface area (TPSA) is 15.3 Å². The molecular formula is C37H26N2. The number of nitrogens with one attached hydrogen (secondary N) is 1. The molecule has 0 spiro atoms. The third kappa shape index (κ3) is 3.49. The van der Waals surface area contributed by atoms with E-state index >= 15 is 0 Å². The van der Waals surface area contributed by atoms with Gasteiger partial charge in [0.05, 0.1) is 5.70 Å². The van der Waals surface area contributed by atoms with E-state index in [1.165, 1.54) is 60.1 Å². The molecule has 0 fully saturated rings. The van der Waals surface area contributed by atoms with Gasteiger partial charge < -0.3 is 10.2 Å². The second-order valence-electron chi connectivity index (χ2n) is 10.3. The summed E-state index contributed by atoms with van der Waals surface area (Å²) in [5, 5.41) is 11.3. The van der Waals surface area contributed by atoms with Gasteiger partial charge in [-0.25, -0.2) is 0 Å². The largest absolute Gasteiger partial charge is 0.360 e. The number of hydrogen-bond donors (Lipinski definition) is 1. The van der Waals surface area contributed by atoms with Crippen molar-refractivity contribution in [2.45, 2.75) is 6.17 Å². The van der Waals surface area contributed by atoms with Crippen LogP contribution in [0, 0.1) is 0 Å². The van der Waals surface area contributed by atoms with Crippen LogP contribution in [-0.4, -0.2) is 11.1 Å². The first-order valence-electron chi connectivity index (χ1n) is 13.5. The average Bonchev–Trinajstić information content (AvgIpc) is 3.44. The van der Waals surface area contributed by atoms with Crippen LogP contribution in [0.2, 0.25) is 0 Å². The standard InChI is InChI=1S/C37H26N2/c1-2-12-28-25(10-1)11-9-17-29(28)37-32-15-5-3-13-30(32)36(31-14-4-6-16-33(31)37)27-21-19-26(20-22-27)34-24-39-23-8-7-18-35(39)38-34/h1-24,35,38H. The Hall–Kier alpha value is -5.08. The summed E-state index contributed by atoms with van der Waals surface area (Å²) in [6.07, 6.45) is 10.8. The molecule has 0 saturated carbocycles. The number of rotatable bonds is 3. The fourth-order valence-electron chi connectivity index (χ4n) is 6.25. The molecule has 1 N–H and O–H groups in total. The monoisotopic (exact) mass is 498 g/mol. The SMILES string of the molecule is C1=CC2NC(c3ccc(-c4c5ccccc5c(-c5cccc6ccccc56)c5ccccc45)cc3)=CN2C=C1. The van der Waals surface area contributed by atoms with Crippen molar-refractivity contribution in [1.82, 2.24) is 10.2 Å². The van der Waals surface area contributed by atoms with Gasteiger partial charge in [0.1, 0.15) is 6.17 Å². The van der Waals surface area contributed by atoms with Crippen LogP contribution in [0.3, 0.4) is 0 Å². The van der Waals surface area contributed by atoms with Crippen LogP contribution >= 0.6 is 0 Å². The molecule has 2 heteroatoms. The molecule has 2 aliphatic rings. The number of fused-ring (bicyclic) bond motifs is 4. The maximum Gasteiger partial charge on any atom is 0.122 e. The first-order chi connectivity index (χ1) is 19.3. The molecule has 0 bridgehead atoms. The van der Waals surface area contributed by atoms with Crippen molar-refractivity contribution in [3.05, 3.63) is 151 Å². The Morgan fingerprint density at radius 1 is 0.513 bits per heavy atom. The van der Waals surface area contributed by atoms with Crippen molar-refractivity contribution < 1.29 is 0 Å². The van der Waals surface area contributed by atoms with Crippen LogP contribution in [0.15, 0.2) is 146 Å². The third-order valence-corrected chi connectivity index (χ3v) is 8.04. The number of allylic oxidation sites excluding steroid dienone is 2. The zero-order valence-corrected chi connectivity index (χ0v) is 21.4. The van der Waals surface area contributed by atoms with Crippen LogP contribution in [0.1, 0.15) is 5.56 Å². The molecule has 0 aromatic heterocycles. The zero-order chi connectivity index (χ0) is 25.8. The maximum atomic E-state index is 3.62. The predicted octanol–water partition coefficient (Wildman–Crippen LogP) is 9.09. The first-order valence-corrected chi connectivity index (χ1v) is 13.5. The minimum Gasteiger partial charge on any atom is -0.360 e. The highest BCUT2D eigenvalue weighted by Gasteiger charge is 2.22. The maximum absolute atomic E-state index is 3.62. The molecule has 6 aromatic rings. The lowest BCUT2D eigenvalue weighted by Crippen LogP contribution is -2.31. The first kappa shape index (κ1) is 22.0. The van der Waals surface area contributed by atoms with Gasteiger partial charge in [0.2, 0.25) is 0 Å². The summed E-state index contributed by atoms with van der Waals surface area (Å²) in [4.78, 5) is 2.20. The summed E-state index contributed by atoms with van der Waals surface area (Å²) in [6, 6.07) is 42.1. The highest BCUT2D eigenvalue weighted by Crippen LogP contribution is 2.45. The molecule has 184 valence electrons. The highest BCUT2D eigenvalue weighted by molar-refractivity contribution is 6.23. The Kier molecular flexibility index (Phi) is 4.92. The van der Waals surface area contributed by atoms with Crippen LogP contribution in [0.25, 0.3) is 60.3 Å². The minimum atomic E-state index is 0.194. The third-order valence-electron chi connectivity index (χ3n) is 8.04. The van der Waals surface area contributed by atoms with E-state index < -0.39 is 0 Å². The Bertz CT molecular complexity index is 1930. The highest BCUT2D eigenvalue weighted by atomic mass is 15.3. The van der Waals surface area contributed by atoms with Gasteiger partial charge in [-0.3, -0.25) is 0 Å². The lowest BCUT2D eigenvalue weighted by Gasteiger charge is -2.20. The zero-order valence-electron chi connectivity index (χ0n) is 21.4. The van der Waals surface area contributed by atoms with Crippen molar-refractivity contribution in [2.24, 2.45) is 0 Å². The van der Waals surface area contributed by atoms with E-state index in [4.69, 9.17) is 0 Å². The molecule has 0 saturated heterocycles. The Balaban J connectivity index is 1.34. The van der Waals surface area contributed by atoms with E-state index in [2.05, 4.69) is 156 Å². The number of nitrogens with zero attached hydrogens (tertiary/aromatic N) is 1. The van der Waals surface area contributed by atoms with Crippen LogP contribution < -0.4 is 5.32 Å². The molecule has 2 heterocycles. The van der Waals surface area contributed by atoms with Crippen LogP contribution in [0.5, 0.6) is 0 Å². The van der Waals surface area contributed by atoms with E-state index in [9.17, 15) is 0 Å². The van der Waals surface area contributed by atoms with E-state index in [1.54, 1.807) is 0 Å². The Morgan fingerprint density at radius 3 is 1.79 bits per heavy atom. The molecule has 2 nitrogen and oxygen atoms in total. The summed E-state index contributed by atoms with van der Waals surface area (Å²) in [7, 11) is 0. The summed E-state index contributed by atoms with van der Waals surface area (Å²) in [5.74, 6) is 0. The molecule has 2 aliphatic heterocycles. The van der Waals surface area contributed by atoms with E-state index in [1.807, 2.05) is 0 Å². The van der Waals surface area contributed by atoms with Gasteiger partial charge in [0.25, 0.3) is 0 Å². The second-order valence-corrected chi connectivity index (χ2v) is 10.3. The van der Waals surface area contributed by atoms with Crippen molar-refractivity contribution in [1.29, 1.82) is 0 Å².